The van der Waals surface area contributed by atoms with Gasteiger partial charge in [0, 0.05) is 12.7 Å². The molecule has 1 aromatic heterocycles. The molecular weight excluding hydrogens is 271 g/mol. The van der Waals surface area contributed by atoms with E-state index in [1.165, 1.54) is 18.0 Å². The Bertz CT molecular complexity index is 580. The first-order chi connectivity index (χ1) is 9.45. The van der Waals surface area contributed by atoms with Gasteiger partial charge in [-0.3, -0.25) is 4.68 Å². The van der Waals surface area contributed by atoms with Crippen molar-refractivity contribution in [3.63, 3.8) is 0 Å². The Morgan fingerprint density at radius 2 is 2.10 bits per heavy atom. The van der Waals surface area contributed by atoms with Crippen LogP contribution < -0.4 is 10.5 Å². The third-order valence-corrected chi connectivity index (χ3v) is 2.92. The van der Waals surface area contributed by atoms with Crippen molar-refractivity contribution in [3.8, 4) is 5.75 Å². The summed E-state index contributed by atoms with van der Waals surface area (Å²) in [6, 6.07) is 7.47. The summed E-state index contributed by atoms with van der Waals surface area (Å²) in [5.41, 5.74) is 5.47. The minimum atomic E-state index is -4.46. The summed E-state index contributed by atoms with van der Waals surface area (Å²) in [5, 5.41) is 3.56. The second-order valence-corrected chi connectivity index (χ2v) is 4.21. The van der Waals surface area contributed by atoms with E-state index in [0.29, 0.717) is 5.75 Å². The van der Waals surface area contributed by atoms with E-state index in [0.717, 1.165) is 11.6 Å². The largest absolute Gasteiger partial charge is 0.497 e. The number of aromatic nitrogens is 2. The molecule has 1 atom stereocenters. The quantitative estimate of drug-likeness (QED) is 0.938. The molecule has 0 bridgehead atoms. The molecule has 0 aliphatic heterocycles. The third kappa shape index (κ3) is 2.93. The van der Waals surface area contributed by atoms with E-state index in [-0.39, 0.29) is 6.54 Å². The van der Waals surface area contributed by atoms with Gasteiger partial charge in [0.15, 0.2) is 5.69 Å². The number of nitrogens with two attached hydrogens (primary N) is 1. The molecule has 2 rings (SSSR count). The zero-order valence-corrected chi connectivity index (χ0v) is 10.8. The van der Waals surface area contributed by atoms with Crippen LogP contribution in [0.2, 0.25) is 0 Å². The molecule has 2 N–H and O–H groups in total. The molecule has 0 aliphatic rings. The highest BCUT2D eigenvalue weighted by molar-refractivity contribution is 5.31. The van der Waals surface area contributed by atoms with Crippen molar-refractivity contribution in [3.05, 3.63) is 47.8 Å². The average Bonchev–Trinajstić information content (AvgIpc) is 2.89. The summed E-state index contributed by atoms with van der Waals surface area (Å²) in [6.45, 7) is 0.131. The molecule has 0 spiro atoms. The predicted molar refractivity (Wildman–Crippen MR) is 67.4 cm³/mol. The molecule has 0 saturated heterocycles. The second-order valence-electron chi connectivity index (χ2n) is 4.21. The summed E-state index contributed by atoms with van der Waals surface area (Å²) < 4.78 is 44.0. The molecule has 20 heavy (non-hydrogen) atoms. The van der Waals surface area contributed by atoms with Crippen molar-refractivity contribution in [1.29, 1.82) is 0 Å². The Morgan fingerprint density at radius 3 is 2.65 bits per heavy atom. The van der Waals surface area contributed by atoms with Gasteiger partial charge in [-0.15, -0.1) is 0 Å². The monoisotopic (exact) mass is 285 g/mol. The molecule has 0 fully saturated rings. The molecule has 2 aromatic rings. The Hall–Kier alpha value is -2.02. The minimum Gasteiger partial charge on any atom is -0.497 e. The third-order valence-electron chi connectivity index (χ3n) is 2.92. The Kier molecular flexibility index (Phi) is 3.99. The van der Waals surface area contributed by atoms with Crippen LogP contribution in [-0.2, 0) is 6.18 Å². The molecule has 108 valence electrons. The lowest BCUT2D eigenvalue weighted by atomic mass is 10.1. The number of alkyl halides is 3. The minimum absolute atomic E-state index is 0.131. The van der Waals surface area contributed by atoms with E-state index in [2.05, 4.69) is 5.10 Å². The number of methoxy groups -OCH3 is 1. The van der Waals surface area contributed by atoms with Gasteiger partial charge in [-0.05, 0) is 23.8 Å². The maximum Gasteiger partial charge on any atom is 0.435 e. The van der Waals surface area contributed by atoms with Crippen LogP contribution in [-0.4, -0.2) is 23.4 Å². The van der Waals surface area contributed by atoms with Gasteiger partial charge in [-0.2, -0.15) is 18.3 Å². The molecule has 1 aromatic carbocycles. The number of benzene rings is 1. The predicted octanol–water partition coefficient (Wildman–Crippen LogP) is 2.46. The normalized spacial score (nSPS) is 13.2. The Labute approximate surface area is 114 Å². The van der Waals surface area contributed by atoms with Crippen molar-refractivity contribution in [2.75, 3.05) is 13.7 Å². The van der Waals surface area contributed by atoms with Crippen LogP contribution in [0.1, 0.15) is 17.3 Å². The highest BCUT2D eigenvalue weighted by atomic mass is 19.4. The molecule has 0 amide bonds. The van der Waals surface area contributed by atoms with Crippen LogP contribution >= 0.6 is 0 Å². The fourth-order valence-corrected chi connectivity index (χ4v) is 1.91. The van der Waals surface area contributed by atoms with Crippen molar-refractivity contribution in [1.82, 2.24) is 9.78 Å². The zero-order valence-electron chi connectivity index (χ0n) is 10.8. The molecule has 0 saturated carbocycles. The van der Waals surface area contributed by atoms with Gasteiger partial charge in [0.25, 0.3) is 0 Å². The van der Waals surface area contributed by atoms with Gasteiger partial charge >= 0.3 is 6.18 Å². The summed E-state index contributed by atoms with van der Waals surface area (Å²) in [6.07, 6.45) is -3.18. The van der Waals surface area contributed by atoms with Crippen LogP contribution in [0.15, 0.2) is 36.5 Å². The topological polar surface area (TPSA) is 53.1 Å². The Morgan fingerprint density at radius 1 is 1.35 bits per heavy atom. The maximum atomic E-state index is 12.6. The van der Waals surface area contributed by atoms with Crippen LogP contribution in [0, 0.1) is 0 Å². The van der Waals surface area contributed by atoms with E-state index in [9.17, 15) is 13.2 Å². The first kappa shape index (κ1) is 14.4. The van der Waals surface area contributed by atoms with E-state index >= 15 is 0 Å². The zero-order chi connectivity index (χ0) is 14.8. The van der Waals surface area contributed by atoms with Gasteiger partial charge in [-0.1, -0.05) is 12.1 Å². The molecule has 0 radical (unpaired) electrons. The van der Waals surface area contributed by atoms with Crippen LogP contribution in [0.4, 0.5) is 13.2 Å². The van der Waals surface area contributed by atoms with Crippen molar-refractivity contribution in [2.45, 2.75) is 12.2 Å². The van der Waals surface area contributed by atoms with E-state index in [1.807, 2.05) is 0 Å². The number of nitrogens with zero attached hydrogens (tertiary/aromatic N) is 2. The fourth-order valence-electron chi connectivity index (χ4n) is 1.91. The molecule has 4 nitrogen and oxygen atoms in total. The summed E-state index contributed by atoms with van der Waals surface area (Å²) in [5.74, 6) is 0.615. The first-order valence-corrected chi connectivity index (χ1v) is 5.92. The van der Waals surface area contributed by atoms with E-state index < -0.39 is 17.9 Å². The van der Waals surface area contributed by atoms with Gasteiger partial charge in [0.1, 0.15) is 5.75 Å². The SMILES string of the molecule is COc1cccc(C(CN)n2ccc(C(F)(F)F)n2)c1. The molecule has 1 heterocycles. The summed E-state index contributed by atoms with van der Waals surface area (Å²) in [7, 11) is 1.52. The summed E-state index contributed by atoms with van der Waals surface area (Å²) >= 11 is 0. The second kappa shape index (κ2) is 5.54. The lowest BCUT2D eigenvalue weighted by Gasteiger charge is -2.17. The van der Waals surface area contributed by atoms with Gasteiger partial charge in [0.05, 0.1) is 13.2 Å². The number of ether oxygens (including phenoxy) is 1. The number of rotatable bonds is 4. The van der Waals surface area contributed by atoms with Crippen molar-refractivity contribution >= 4 is 0 Å². The van der Waals surface area contributed by atoms with Crippen molar-refractivity contribution in [2.24, 2.45) is 5.73 Å². The fraction of sp³-hybridized carbons (Fsp3) is 0.308. The molecular formula is C13H14F3N3O. The highest BCUT2D eigenvalue weighted by Crippen LogP contribution is 2.29. The van der Waals surface area contributed by atoms with Gasteiger partial charge in [0.2, 0.25) is 0 Å². The van der Waals surface area contributed by atoms with Gasteiger partial charge < -0.3 is 10.5 Å². The van der Waals surface area contributed by atoms with Crippen LogP contribution in [0.3, 0.4) is 0 Å². The summed E-state index contributed by atoms with van der Waals surface area (Å²) in [4.78, 5) is 0. The van der Waals surface area contributed by atoms with Crippen molar-refractivity contribution < 1.29 is 17.9 Å². The van der Waals surface area contributed by atoms with Crippen LogP contribution in [0.5, 0.6) is 5.75 Å². The lowest BCUT2D eigenvalue weighted by molar-refractivity contribution is -0.141. The maximum absolute atomic E-state index is 12.6. The lowest BCUT2D eigenvalue weighted by Crippen LogP contribution is -2.21. The van der Waals surface area contributed by atoms with E-state index in [1.54, 1.807) is 24.3 Å². The van der Waals surface area contributed by atoms with Crippen LogP contribution in [0.25, 0.3) is 0 Å². The molecule has 0 aliphatic carbocycles. The average molecular weight is 285 g/mol. The standard InChI is InChI=1S/C13H14F3N3O/c1-20-10-4-2-3-9(7-10)11(8-17)19-6-5-12(18-19)13(14,15)16/h2-7,11H,8,17H2,1H3. The molecule has 1 unspecified atom stereocenters. The first-order valence-electron chi connectivity index (χ1n) is 5.92. The van der Waals surface area contributed by atoms with Gasteiger partial charge in [-0.25, -0.2) is 0 Å². The number of halogens is 3. The molecule has 7 heteroatoms. The smallest absolute Gasteiger partial charge is 0.435 e. The highest BCUT2D eigenvalue weighted by Gasteiger charge is 2.34. The Balaban J connectivity index is 2.34. The number of hydrogen-bond acceptors (Lipinski definition) is 3. The number of hydrogen-bond donors (Lipinski definition) is 1. The van der Waals surface area contributed by atoms with E-state index in [4.69, 9.17) is 10.5 Å².